The fourth-order valence-electron chi connectivity index (χ4n) is 5.38. The van der Waals surface area contributed by atoms with Gasteiger partial charge in [-0.3, -0.25) is 0 Å². The van der Waals surface area contributed by atoms with Gasteiger partial charge in [-0.25, -0.2) is 0 Å². The van der Waals surface area contributed by atoms with Gasteiger partial charge in [-0.1, -0.05) is 67.1 Å². The van der Waals surface area contributed by atoms with Crippen LogP contribution in [0.1, 0.15) is 49.7 Å². The number of hydrogen-bond acceptors (Lipinski definition) is 3. The van der Waals surface area contributed by atoms with Gasteiger partial charge in [0.2, 0.25) is 0 Å². The molecule has 4 rings (SSSR count). The molecule has 2 aliphatic rings. The van der Waals surface area contributed by atoms with E-state index in [1.165, 1.54) is 75.7 Å². The van der Waals surface area contributed by atoms with Crippen molar-refractivity contribution in [3.8, 4) is 0 Å². The van der Waals surface area contributed by atoms with Gasteiger partial charge in [0.15, 0.2) is 0 Å². The Balaban J connectivity index is 1.17. The Morgan fingerprint density at radius 2 is 1.60 bits per heavy atom. The van der Waals surface area contributed by atoms with Crippen molar-refractivity contribution >= 4 is 0 Å². The second-order valence-corrected chi connectivity index (χ2v) is 9.32. The van der Waals surface area contributed by atoms with Gasteiger partial charge in [-0.05, 0) is 75.2 Å². The zero-order valence-electron chi connectivity index (χ0n) is 18.5. The quantitative estimate of drug-likeness (QED) is 0.639. The van der Waals surface area contributed by atoms with E-state index in [0.29, 0.717) is 0 Å². The van der Waals surface area contributed by atoms with E-state index in [1.807, 2.05) is 0 Å². The van der Waals surface area contributed by atoms with E-state index in [2.05, 4.69) is 76.2 Å². The molecule has 3 heteroatoms. The van der Waals surface area contributed by atoms with Crippen molar-refractivity contribution in [1.29, 1.82) is 0 Å². The van der Waals surface area contributed by atoms with Crippen molar-refractivity contribution in [2.45, 2.75) is 50.5 Å². The summed E-state index contributed by atoms with van der Waals surface area (Å²) in [6.07, 6.45) is 9.23. The van der Waals surface area contributed by atoms with E-state index >= 15 is 0 Å². The van der Waals surface area contributed by atoms with Crippen molar-refractivity contribution in [2.24, 2.45) is 5.92 Å². The lowest BCUT2D eigenvalue weighted by atomic mass is 9.83. The third-order valence-corrected chi connectivity index (χ3v) is 7.22. The summed E-state index contributed by atoms with van der Waals surface area (Å²) in [7, 11) is 0. The van der Waals surface area contributed by atoms with Crippen LogP contribution < -0.4 is 10.6 Å². The SMILES string of the molecule is c1ccc(CCCC2CCN(CCCC3(c4ccccc4)CNCCN3)CC2)cc1. The lowest BCUT2D eigenvalue weighted by Gasteiger charge is -2.40. The Hall–Kier alpha value is -1.68. The highest BCUT2D eigenvalue weighted by Gasteiger charge is 2.33. The maximum atomic E-state index is 3.85. The molecule has 0 saturated carbocycles. The molecule has 2 aliphatic heterocycles. The summed E-state index contributed by atoms with van der Waals surface area (Å²) in [6.45, 7) is 7.00. The number of benzene rings is 2. The molecule has 3 nitrogen and oxygen atoms in total. The van der Waals surface area contributed by atoms with Crippen LogP contribution in [0.25, 0.3) is 0 Å². The molecule has 0 aromatic heterocycles. The zero-order chi connectivity index (χ0) is 20.5. The first kappa shape index (κ1) is 21.5. The van der Waals surface area contributed by atoms with Gasteiger partial charge in [0.25, 0.3) is 0 Å². The molecule has 162 valence electrons. The van der Waals surface area contributed by atoms with Crippen LogP contribution in [0.15, 0.2) is 60.7 Å². The maximum absolute atomic E-state index is 3.85. The minimum absolute atomic E-state index is 0.106. The molecule has 0 radical (unpaired) electrons. The molecule has 2 aromatic carbocycles. The largest absolute Gasteiger partial charge is 0.313 e. The summed E-state index contributed by atoms with van der Waals surface area (Å²) < 4.78 is 0. The van der Waals surface area contributed by atoms with Gasteiger partial charge in [0, 0.05) is 19.6 Å². The number of piperidine rings is 1. The topological polar surface area (TPSA) is 27.3 Å². The number of aryl methyl sites for hydroxylation is 1. The van der Waals surface area contributed by atoms with Gasteiger partial charge < -0.3 is 15.5 Å². The highest BCUT2D eigenvalue weighted by Crippen LogP contribution is 2.28. The molecular weight excluding hydrogens is 366 g/mol. The Kier molecular flexibility index (Phi) is 7.96. The minimum atomic E-state index is 0.106. The van der Waals surface area contributed by atoms with Crippen LogP contribution in [0, 0.1) is 5.92 Å². The zero-order valence-corrected chi connectivity index (χ0v) is 18.5. The highest BCUT2D eigenvalue weighted by molar-refractivity contribution is 5.26. The predicted molar refractivity (Wildman–Crippen MR) is 127 cm³/mol. The first-order chi connectivity index (χ1) is 14.8. The third-order valence-electron chi connectivity index (χ3n) is 7.22. The summed E-state index contributed by atoms with van der Waals surface area (Å²) in [5, 5.41) is 7.47. The Morgan fingerprint density at radius 3 is 2.30 bits per heavy atom. The molecular formula is C27H39N3. The lowest BCUT2D eigenvalue weighted by molar-refractivity contribution is 0.164. The van der Waals surface area contributed by atoms with Crippen LogP contribution in [0.4, 0.5) is 0 Å². The summed E-state index contributed by atoms with van der Waals surface area (Å²) in [6, 6.07) is 22.0. The van der Waals surface area contributed by atoms with Gasteiger partial charge in [0.1, 0.15) is 0 Å². The third kappa shape index (κ3) is 5.94. The smallest absolute Gasteiger partial charge is 0.0561 e. The van der Waals surface area contributed by atoms with Crippen molar-refractivity contribution in [1.82, 2.24) is 15.5 Å². The summed E-state index contributed by atoms with van der Waals surface area (Å²) in [4.78, 5) is 2.71. The van der Waals surface area contributed by atoms with E-state index < -0.39 is 0 Å². The van der Waals surface area contributed by atoms with Crippen LogP contribution in [-0.2, 0) is 12.0 Å². The molecule has 0 spiro atoms. The van der Waals surface area contributed by atoms with Gasteiger partial charge in [-0.2, -0.15) is 0 Å². The summed E-state index contributed by atoms with van der Waals surface area (Å²) in [5.74, 6) is 0.935. The van der Waals surface area contributed by atoms with Crippen LogP contribution in [0.2, 0.25) is 0 Å². The van der Waals surface area contributed by atoms with Gasteiger partial charge in [0.05, 0.1) is 5.54 Å². The molecule has 0 bridgehead atoms. The molecule has 1 atom stereocenters. The Labute approximate surface area is 183 Å². The van der Waals surface area contributed by atoms with Crippen molar-refractivity contribution in [2.75, 3.05) is 39.3 Å². The average molecular weight is 406 g/mol. The molecule has 30 heavy (non-hydrogen) atoms. The fraction of sp³-hybridized carbons (Fsp3) is 0.556. The second-order valence-electron chi connectivity index (χ2n) is 9.32. The standard InChI is InChI=1S/C27H39N3/c1-3-9-24(10-4-1)11-7-12-25-15-21-30(22-16-25)20-8-17-27(23-28-18-19-29-27)26-13-5-2-6-14-26/h1-6,9-10,13-14,25,28-29H,7-8,11-12,15-23H2. The number of hydrogen-bond donors (Lipinski definition) is 2. The molecule has 2 N–H and O–H groups in total. The monoisotopic (exact) mass is 405 g/mol. The van der Waals surface area contributed by atoms with Crippen LogP contribution in [0.5, 0.6) is 0 Å². The number of nitrogens with one attached hydrogen (secondary N) is 2. The lowest BCUT2D eigenvalue weighted by Crippen LogP contribution is -2.57. The molecule has 2 fully saturated rings. The minimum Gasteiger partial charge on any atom is -0.313 e. The van der Waals surface area contributed by atoms with E-state index in [1.54, 1.807) is 0 Å². The molecule has 2 aromatic rings. The Bertz CT molecular complexity index is 716. The highest BCUT2D eigenvalue weighted by atomic mass is 15.1. The van der Waals surface area contributed by atoms with E-state index in [9.17, 15) is 0 Å². The Morgan fingerprint density at radius 1 is 0.867 bits per heavy atom. The fourth-order valence-corrected chi connectivity index (χ4v) is 5.38. The average Bonchev–Trinajstić information content (AvgIpc) is 2.82. The second kappa shape index (κ2) is 11.1. The van der Waals surface area contributed by atoms with Crippen LogP contribution >= 0.6 is 0 Å². The number of rotatable bonds is 9. The van der Waals surface area contributed by atoms with Crippen molar-refractivity contribution < 1.29 is 0 Å². The van der Waals surface area contributed by atoms with E-state index in [4.69, 9.17) is 0 Å². The normalized spacial score (nSPS) is 23.5. The van der Waals surface area contributed by atoms with Crippen molar-refractivity contribution in [3.05, 3.63) is 71.8 Å². The van der Waals surface area contributed by atoms with Gasteiger partial charge >= 0.3 is 0 Å². The number of piperazine rings is 1. The predicted octanol–water partition coefficient (Wildman–Crippen LogP) is 4.59. The summed E-state index contributed by atoms with van der Waals surface area (Å²) >= 11 is 0. The van der Waals surface area contributed by atoms with Crippen LogP contribution in [-0.4, -0.2) is 44.2 Å². The van der Waals surface area contributed by atoms with Crippen molar-refractivity contribution in [3.63, 3.8) is 0 Å². The maximum Gasteiger partial charge on any atom is 0.0561 e. The number of nitrogens with zero attached hydrogens (tertiary/aromatic N) is 1. The molecule has 2 heterocycles. The first-order valence-corrected chi connectivity index (χ1v) is 12.1. The van der Waals surface area contributed by atoms with Crippen LogP contribution in [0.3, 0.4) is 0 Å². The van der Waals surface area contributed by atoms with E-state index in [0.717, 1.165) is 25.6 Å². The molecule has 1 unspecified atom stereocenters. The number of likely N-dealkylation sites (tertiary alicyclic amines) is 1. The van der Waals surface area contributed by atoms with Gasteiger partial charge in [-0.15, -0.1) is 0 Å². The molecule has 2 saturated heterocycles. The summed E-state index contributed by atoms with van der Waals surface area (Å²) in [5.41, 5.74) is 3.04. The first-order valence-electron chi connectivity index (χ1n) is 12.1. The molecule has 0 aliphatic carbocycles. The van der Waals surface area contributed by atoms with E-state index in [-0.39, 0.29) is 5.54 Å². The molecule has 0 amide bonds.